The van der Waals surface area contributed by atoms with Gasteiger partial charge in [-0.25, -0.2) is 5.43 Å². The molecule has 3 rings (SSSR count). The molecule has 7 heteroatoms. The molecule has 35 heavy (non-hydrogen) atoms. The van der Waals surface area contributed by atoms with Crippen molar-refractivity contribution in [2.24, 2.45) is 5.10 Å². The van der Waals surface area contributed by atoms with Crippen LogP contribution in [0.4, 0.5) is 0 Å². The number of aromatic hydroxyl groups is 1. The number of nitrogens with zero attached hydrogens (tertiary/aromatic N) is 1. The molecule has 0 aromatic heterocycles. The lowest BCUT2D eigenvalue weighted by molar-refractivity contribution is 0.0955. The van der Waals surface area contributed by atoms with Gasteiger partial charge in [-0.2, -0.15) is 5.10 Å². The van der Waals surface area contributed by atoms with E-state index in [0.717, 1.165) is 35.5 Å². The molecule has 6 nitrogen and oxygen atoms in total. The van der Waals surface area contributed by atoms with E-state index in [4.69, 9.17) is 16.3 Å². The number of amides is 1. The molecule has 0 aliphatic rings. The molecule has 3 N–H and O–H groups in total. The maximum Gasteiger partial charge on any atom is 0.271 e. The van der Waals surface area contributed by atoms with Gasteiger partial charge in [-0.3, -0.25) is 4.79 Å². The lowest BCUT2D eigenvalue weighted by Crippen LogP contribution is -2.21. The first kappa shape index (κ1) is 26.3. The Morgan fingerprint density at radius 1 is 1.09 bits per heavy atom. The summed E-state index contributed by atoms with van der Waals surface area (Å²) in [6.07, 6.45) is 1.58. The fraction of sp³-hybridized carbons (Fsp3) is 0.286. The summed E-state index contributed by atoms with van der Waals surface area (Å²) in [5.74, 6) is 0.901. The van der Waals surface area contributed by atoms with Gasteiger partial charge >= 0.3 is 0 Å². The van der Waals surface area contributed by atoms with Crippen molar-refractivity contribution in [3.05, 3.63) is 93.0 Å². The lowest BCUT2D eigenvalue weighted by atomic mass is 10.0. The van der Waals surface area contributed by atoms with Crippen molar-refractivity contribution >= 4 is 23.7 Å². The first-order valence-corrected chi connectivity index (χ1v) is 12.0. The van der Waals surface area contributed by atoms with E-state index in [1.165, 1.54) is 29.3 Å². The number of benzene rings is 3. The first-order chi connectivity index (χ1) is 16.7. The Morgan fingerprint density at radius 2 is 1.77 bits per heavy atom. The van der Waals surface area contributed by atoms with Crippen molar-refractivity contribution in [1.82, 2.24) is 10.7 Å². The second-order valence-electron chi connectivity index (χ2n) is 8.77. The molecule has 0 saturated carbocycles. The van der Waals surface area contributed by atoms with Crippen LogP contribution in [0.15, 0.2) is 59.7 Å². The largest absolute Gasteiger partial charge is 0.506 e. The van der Waals surface area contributed by atoms with Crippen LogP contribution in [0.25, 0.3) is 0 Å². The lowest BCUT2D eigenvalue weighted by Gasteiger charge is -2.14. The Labute approximate surface area is 212 Å². The third-order valence-electron chi connectivity index (χ3n) is 5.57. The summed E-state index contributed by atoms with van der Waals surface area (Å²) in [6, 6.07) is 16.8. The highest BCUT2D eigenvalue weighted by Crippen LogP contribution is 2.25. The molecular formula is C28H32ClN3O3. The molecule has 0 aliphatic carbocycles. The quantitative estimate of drug-likeness (QED) is 0.192. The molecule has 0 atom stereocenters. The van der Waals surface area contributed by atoms with Gasteiger partial charge in [0.2, 0.25) is 0 Å². The predicted molar refractivity (Wildman–Crippen MR) is 142 cm³/mol. The average molecular weight is 494 g/mol. The molecule has 0 radical (unpaired) electrons. The maximum atomic E-state index is 12.2. The van der Waals surface area contributed by atoms with Gasteiger partial charge in [0.1, 0.15) is 18.1 Å². The van der Waals surface area contributed by atoms with E-state index in [9.17, 15) is 9.90 Å². The van der Waals surface area contributed by atoms with Gasteiger partial charge in [0.05, 0.1) is 11.2 Å². The molecule has 0 saturated heterocycles. The van der Waals surface area contributed by atoms with Crippen molar-refractivity contribution in [2.75, 3.05) is 13.2 Å². The number of carbonyl (C=O) groups excluding carboxylic acids is 1. The number of nitrogens with one attached hydrogen (secondary N) is 2. The molecule has 3 aromatic carbocycles. The monoisotopic (exact) mass is 493 g/mol. The van der Waals surface area contributed by atoms with E-state index in [1.807, 2.05) is 26.0 Å². The van der Waals surface area contributed by atoms with Gasteiger partial charge < -0.3 is 15.2 Å². The molecule has 0 aliphatic heterocycles. The zero-order valence-electron chi connectivity index (χ0n) is 20.6. The number of hydrogen-bond acceptors (Lipinski definition) is 5. The van der Waals surface area contributed by atoms with Crippen LogP contribution < -0.4 is 15.5 Å². The van der Waals surface area contributed by atoms with Gasteiger partial charge in [0.25, 0.3) is 5.91 Å². The number of ether oxygens (including phenoxy) is 1. The normalized spacial score (nSPS) is 11.3. The number of hydrazone groups is 1. The number of aryl methyl sites for hydroxylation is 2. The number of hydrogen-bond donors (Lipinski definition) is 3. The third-order valence-corrected chi connectivity index (χ3v) is 5.88. The maximum absolute atomic E-state index is 12.2. The van der Waals surface area contributed by atoms with E-state index in [2.05, 4.69) is 54.0 Å². The first-order valence-electron chi connectivity index (χ1n) is 11.6. The highest BCUT2D eigenvalue weighted by molar-refractivity contribution is 6.32. The van der Waals surface area contributed by atoms with E-state index >= 15 is 0 Å². The van der Waals surface area contributed by atoms with Crippen LogP contribution in [0.1, 0.15) is 57.9 Å². The van der Waals surface area contributed by atoms with Crippen LogP contribution in [-0.4, -0.2) is 30.4 Å². The summed E-state index contributed by atoms with van der Waals surface area (Å²) in [7, 11) is 0. The average Bonchev–Trinajstić information content (AvgIpc) is 2.82. The highest BCUT2D eigenvalue weighted by atomic mass is 35.5. The van der Waals surface area contributed by atoms with Crippen LogP contribution >= 0.6 is 11.6 Å². The molecule has 1 amide bonds. The minimum Gasteiger partial charge on any atom is -0.506 e. The van der Waals surface area contributed by atoms with Crippen LogP contribution in [0.3, 0.4) is 0 Å². The SMILES string of the molecule is Cc1cc(/C=N\NC(=O)c2ccc(O)c(Cl)c2)cc(C)c1OCCNCc1ccc(C(C)C)cc1. The Kier molecular flexibility index (Phi) is 9.29. The second-order valence-corrected chi connectivity index (χ2v) is 9.18. The van der Waals surface area contributed by atoms with Crippen molar-refractivity contribution in [3.63, 3.8) is 0 Å². The molecule has 0 heterocycles. The minimum atomic E-state index is -0.417. The van der Waals surface area contributed by atoms with Gasteiger partial charge in [-0.15, -0.1) is 0 Å². The Balaban J connectivity index is 1.47. The Bertz CT molecular complexity index is 1170. The molecule has 184 valence electrons. The topological polar surface area (TPSA) is 83.0 Å². The number of carbonyl (C=O) groups is 1. The van der Waals surface area contributed by atoms with Crippen LogP contribution in [0.2, 0.25) is 5.02 Å². The molecular weight excluding hydrogens is 462 g/mol. The predicted octanol–water partition coefficient (Wildman–Crippen LogP) is 5.72. The molecule has 0 unspecified atom stereocenters. The zero-order chi connectivity index (χ0) is 25.4. The standard InChI is InChI=1S/C28H32ClN3O3/c1-18(2)23-7-5-21(6-8-23)16-30-11-12-35-27-19(3)13-22(14-20(27)4)17-31-32-28(34)24-9-10-26(33)25(29)15-24/h5-10,13-15,17-18,30,33H,11-12,16H2,1-4H3,(H,32,34)/b31-17-. The van der Waals surface area contributed by atoms with Crippen LogP contribution in [-0.2, 0) is 6.54 Å². The Hall–Kier alpha value is -3.35. The summed E-state index contributed by atoms with van der Waals surface area (Å²) >= 11 is 5.85. The molecule has 0 fully saturated rings. The van der Waals surface area contributed by atoms with Gasteiger partial charge in [0, 0.05) is 18.7 Å². The summed E-state index contributed by atoms with van der Waals surface area (Å²) in [6.45, 7) is 10.5. The van der Waals surface area contributed by atoms with Crippen LogP contribution in [0.5, 0.6) is 11.5 Å². The van der Waals surface area contributed by atoms with E-state index < -0.39 is 5.91 Å². The Morgan fingerprint density at radius 3 is 2.40 bits per heavy atom. The van der Waals surface area contributed by atoms with Crippen molar-refractivity contribution in [1.29, 1.82) is 0 Å². The molecule has 3 aromatic rings. The minimum absolute atomic E-state index is 0.0767. The fourth-order valence-corrected chi connectivity index (χ4v) is 3.82. The van der Waals surface area contributed by atoms with Crippen molar-refractivity contribution in [3.8, 4) is 11.5 Å². The van der Waals surface area contributed by atoms with E-state index in [1.54, 1.807) is 6.21 Å². The van der Waals surface area contributed by atoms with E-state index in [0.29, 0.717) is 18.1 Å². The molecule has 0 bridgehead atoms. The smallest absolute Gasteiger partial charge is 0.271 e. The molecule has 0 spiro atoms. The summed E-state index contributed by atoms with van der Waals surface area (Å²) in [5.41, 5.74) is 8.21. The summed E-state index contributed by atoms with van der Waals surface area (Å²) in [4.78, 5) is 12.2. The fourth-order valence-electron chi connectivity index (χ4n) is 3.64. The van der Waals surface area contributed by atoms with Gasteiger partial charge in [-0.1, -0.05) is 49.7 Å². The van der Waals surface area contributed by atoms with Crippen molar-refractivity contribution < 1.29 is 14.6 Å². The third kappa shape index (κ3) is 7.57. The number of rotatable bonds is 10. The van der Waals surface area contributed by atoms with Gasteiger partial charge in [-0.05, 0) is 77.9 Å². The number of halogens is 1. The zero-order valence-corrected chi connectivity index (χ0v) is 21.3. The van der Waals surface area contributed by atoms with Gasteiger partial charge in [0.15, 0.2) is 0 Å². The van der Waals surface area contributed by atoms with E-state index in [-0.39, 0.29) is 10.8 Å². The van der Waals surface area contributed by atoms with Crippen LogP contribution in [0, 0.1) is 13.8 Å². The number of phenolic OH excluding ortho intramolecular Hbond substituents is 1. The summed E-state index contributed by atoms with van der Waals surface area (Å²) in [5, 5.41) is 17.0. The van der Waals surface area contributed by atoms with Crippen molar-refractivity contribution in [2.45, 2.75) is 40.2 Å². The summed E-state index contributed by atoms with van der Waals surface area (Å²) < 4.78 is 6.02. The second kappa shape index (κ2) is 12.4. The highest BCUT2D eigenvalue weighted by Gasteiger charge is 2.08. The number of phenols is 1.